The lowest BCUT2D eigenvalue weighted by Gasteiger charge is -2.32. The minimum absolute atomic E-state index is 0.250. The second kappa shape index (κ2) is 7.41. The van der Waals surface area contributed by atoms with E-state index in [1.165, 1.54) is 36.1 Å². The van der Waals surface area contributed by atoms with Crippen LogP contribution in [0.15, 0.2) is 17.0 Å². The van der Waals surface area contributed by atoms with Crippen molar-refractivity contribution >= 4 is 11.8 Å². The molecule has 0 bridgehead atoms. The minimum atomic E-state index is 0.250. The van der Waals surface area contributed by atoms with Gasteiger partial charge in [-0.25, -0.2) is 0 Å². The van der Waals surface area contributed by atoms with Crippen molar-refractivity contribution in [1.29, 1.82) is 0 Å². The molecular weight excluding hydrogens is 282 g/mol. The summed E-state index contributed by atoms with van der Waals surface area (Å²) in [5, 5.41) is 3.81. The molecule has 0 radical (unpaired) electrons. The molecule has 21 heavy (non-hydrogen) atoms. The molecule has 1 aliphatic heterocycles. The quantitative estimate of drug-likeness (QED) is 0.851. The van der Waals surface area contributed by atoms with E-state index in [2.05, 4.69) is 31.3 Å². The number of hydrogen-bond acceptors (Lipinski definition) is 4. The molecule has 1 atom stereocenters. The van der Waals surface area contributed by atoms with Crippen LogP contribution >= 0.6 is 11.8 Å². The third-order valence-corrected chi connectivity index (χ3v) is 5.80. The number of fused-ring (bicyclic) bond motifs is 1. The van der Waals surface area contributed by atoms with Crippen molar-refractivity contribution in [3.8, 4) is 11.5 Å². The molecule has 2 rings (SSSR count). The van der Waals surface area contributed by atoms with Gasteiger partial charge in [0.25, 0.3) is 0 Å². The summed E-state index contributed by atoms with van der Waals surface area (Å²) in [4.78, 5) is 1.31. The number of hydrogen-bond donors (Lipinski definition) is 1. The van der Waals surface area contributed by atoms with Gasteiger partial charge in [0, 0.05) is 22.7 Å². The lowest BCUT2D eigenvalue weighted by molar-refractivity contribution is 0.316. The summed E-state index contributed by atoms with van der Waals surface area (Å²) in [5.74, 6) is 2.75. The molecule has 0 amide bonds. The maximum Gasteiger partial charge on any atom is 0.161 e. The topological polar surface area (TPSA) is 30.5 Å². The van der Waals surface area contributed by atoms with Crippen molar-refractivity contribution < 1.29 is 9.47 Å². The standard InChI is InChI=1S/C17H27NO2S/c1-5-7-8-17(6-2)12-21-16-10-15(20-4)14(19-3)9-13(16)11-18-17/h9-10,18H,5-8,11-12H2,1-4H3/t17-/m1/s1. The van der Waals surface area contributed by atoms with Crippen LogP contribution in [0.4, 0.5) is 0 Å². The van der Waals surface area contributed by atoms with Gasteiger partial charge >= 0.3 is 0 Å². The molecule has 1 aromatic carbocycles. The van der Waals surface area contributed by atoms with E-state index < -0.39 is 0 Å². The van der Waals surface area contributed by atoms with E-state index in [9.17, 15) is 0 Å². The monoisotopic (exact) mass is 309 g/mol. The first-order valence-corrected chi connectivity index (χ1v) is 8.79. The van der Waals surface area contributed by atoms with Gasteiger partial charge in [-0.05, 0) is 30.5 Å². The normalized spacial score (nSPS) is 21.5. The van der Waals surface area contributed by atoms with Gasteiger partial charge in [0.05, 0.1) is 14.2 Å². The van der Waals surface area contributed by atoms with E-state index in [-0.39, 0.29) is 5.54 Å². The summed E-state index contributed by atoms with van der Waals surface area (Å²) in [6, 6.07) is 4.23. The van der Waals surface area contributed by atoms with Gasteiger partial charge < -0.3 is 14.8 Å². The highest BCUT2D eigenvalue weighted by molar-refractivity contribution is 7.99. The second-order valence-corrected chi connectivity index (χ2v) is 6.71. The van der Waals surface area contributed by atoms with Gasteiger partial charge in [-0.2, -0.15) is 0 Å². The number of benzene rings is 1. The van der Waals surface area contributed by atoms with E-state index in [1.54, 1.807) is 14.2 Å². The second-order valence-electron chi connectivity index (χ2n) is 5.69. The lowest BCUT2D eigenvalue weighted by atomic mass is 9.91. The van der Waals surface area contributed by atoms with E-state index in [4.69, 9.17) is 9.47 Å². The third-order valence-electron chi connectivity index (χ3n) is 4.41. The summed E-state index contributed by atoms with van der Waals surface area (Å²) in [6.07, 6.45) is 4.95. The SMILES string of the molecule is CCCC[C@]1(CC)CSc2cc(OC)c(OC)cc2CN1. The summed E-state index contributed by atoms with van der Waals surface area (Å²) in [6.45, 7) is 5.46. The molecule has 0 spiro atoms. The van der Waals surface area contributed by atoms with Crippen LogP contribution < -0.4 is 14.8 Å². The highest BCUT2D eigenvalue weighted by atomic mass is 32.2. The van der Waals surface area contributed by atoms with Crippen molar-refractivity contribution in [1.82, 2.24) is 5.32 Å². The predicted molar refractivity (Wildman–Crippen MR) is 89.7 cm³/mol. The highest BCUT2D eigenvalue weighted by Gasteiger charge is 2.30. The van der Waals surface area contributed by atoms with Crippen LogP contribution in [0.2, 0.25) is 0 Å². The van der Waals surface area contributed by atoms with E-state index in [0.717, 1.165) is 23.8 Å². The average Bonchev–Trinajstić information content (AvgIpc) is 2.71. The molecule has 0 aromatic heterocycles. The Labute approximate surface area is 132 Å². The van der Waals surface area contributed by atoms with Crippen molar-refractivity contribution in [2.75, 3.05) is 20.0 Å². The van der Waals surface area contributed by atoms with Gasteiger partial charge in [0.2, 0.25) is 0 Å². The summed E-state index contributed by atoms with van der Waals surface area (Å²) in [5.41, 5.74) is 1.56. The number of methoxy groups -OCH3 is 2. The van der Waals surface area contributed by atoms with E-state index in [0.29, 0.717) is 0 Å². The number of thioether (sulfide) groups is 1. The molecule has 1 aliphatic rings. The Bertz CT molecular complexity index is 441. The Morgan fingerprint density at radius 1 is 1.19 bits per heavy atom. The van der Waals surface area contributed by atoms with Crippen LogP contribution in [0.1, 0.15) is 45.1 Å². The molecular formula is C17H27NO2S. The van der Waals surface area contributed by atoms with Gasteiger partial charge in [-0.3, -0.25) is 0 Å². The first-order chi connectivity index (χ1) is 10.2. The van der Waals surface area contributed by atoms with Gasteiger partial charge in [0.1, 0.15) is 0 Å². The largest absolute Gasteiger partial charge is 0.493 e. The fourth-order valence-corrected chi connectivity index (χ4v) is 4.19. The molecule has 0 unspecified atom stereocenters. The molecule has 4 heteroatoms. The number of rotatable bonds is 6. The summed E-state index contributed by atoms with van der Waals surface area (Å²) < 4.78 is 10.9. The molecule has 1 heterocycles. The summed E-state index contributed by atoms with van der Waals surface area (Å²) >= 11 is 1.94. The van der Waals surface area contributed by atoms with Crippen LogP contribution in [-0.4, -0.2) is 25.5 Å². The Morgan fingerprint density at radius 2 is 1.90 bits per heavy atom. The third kappa shape index (κ3) is 3.67. The Morgan fingerprint density at radius 3 is 2.52 bits per heavy atom. The molecule has 0 aliphatic carbocycles. The van der Waals surface area contributed by atoms with Crippen LogP contribution in [0.25, 0.3) is 0 Å². The lowest BCUT2D eigenvalue weighted by Crippen LogP contribution is -2.45. The van der Waals surface area contributed by atoms with Crippen molar-refractivity contribution in [2.45, 2.75) is 56.5 Å². The maximum absolute atomic E-state index is 5.43. The molecule has 118 valence electrons. The zero-order valence-corrected chi connectivity index (χ0v) is 14.4. The maximum atomic E-state index is 5.43. The Balaban J connectivity index is 2.23. The van der Waals surface area contributed by atoms with Crippen LogP contribution in [0, 0.1) is 0 Å². The van der Waals surface area contributed by atoms with Crippen molar-refractivity contribution in [3.05, 3.63) is 17.7 Å². The first kappa shape index (κ1) is 16.5. The fourth-order valence-electron chi connectivity index (χ4n) is 2.80. The zero-order valence-electron chi connectivity index (χ0n) is 13.6. The van der Waals surface area contributed by atoms with Crippen LogP contribution in [-0.2, 0) is 6.54 Å². The number of nitrogens with one attached hydrogen (secondary N) is 1. The molecule has 1 N–H and O–H groups in total. The molecule has 0 saturated carbocycles. The molecule has 0 saturated heterocycles. The van der Waals surface area contributed by atoms with Crippen molar-refractivity contribution in [3.63, 3.8) is 0 Å². The zero-order chi connectivity index (χ0) is 15.3. The molecule has 1 aromatic rings. The first-order valence-electron chi connectivity index (χ1n) is 7.80. The average molecular weight is 309 g/mol. The Kier molecular flexibility index (Phi) is 5.82. The fraction of sp³-hybridized carbons (Fsp3) is 0.647. The predicted octanol–water partition coefficient (Wildman–Crippen LogP) is 4.24. The number of ether oxygens (including phenoxy) is 2. The smallest absolute Gasteiger partial charge is 0.161 e. The molecule has 3 nitrogen and oxygen atoms in total. The number of unbranched alkanes of at least 4 members (excludes halogenated alkanes) is 1. The van der Waals surface area contributed by atoms with Gasteiger partial charge in [0.15, 0.2) is 11.5 Å². The van der Waals surface area contributed by atoms with Gasteiger partial charge in [-0.1, -0.05) is 26.7 Å². The summed E-state index contributed by atoms with van der Waals surface area (Å²) in [7, 11) is 3.39. The van der Waals surface area contributed by atoms with Gasteiger partial charge in [-0.15, -0.1) is 11.8 Å². The van der Waals surface area contributed by atoms with Crippen molar-refractivity contribution in [2.24, 2.45) is 0 Å². The molecule has 0 fully saturated rings. The minimum Gasteiger partial charge on any atom is -0.493 e. The van der Waals surface area contributed by atoms with Crippen LogP contribution in [0.3, 0.4) is 0 Å². The highest BCUT2D eigenvalue weighted by Crippen LogP contribution is 2.39. The Hall–Kier alpha value is -0.870. The van der Waals surface area contributed by atoms with E-state index in [1.807, 2.05) is 11.8 Å². The van der Waals surface area contributed by atoms with Crippen LogP contribution in [0.5, 0.6) is 11.5 Å². The van der Waals surface area contributed by atoms with E-state index >= 15 is 0 Å².